The molecule has 2 atom stereocenters. The summed E-state index contributed by atoms with van der Waals surface area (Å²) in [7, 11) is 0. The van der Waals surface area contributed by atoms with Gasteiger partial charge in [0.1, 0.15) is 0 Å². The molecule has 0 heteroatoms. The van der Waals surface area contributed by atoms with E-state index >= 15 is 0 Å². The fraction of sp³-hybridized carbons (Fsp3) is 0.867. The van der Waals surface area contributed by atoms with Gasteiger partial charge in [0.15, 0.2) is 0 Å². The Bertz CT molecular complexity index is 212. The van der Waals surface area contributed by atoms with Crippen LogP contribution >= 0.6 is 0 Å². The lowest BCUT2D eigenvalue weighted by Crippen LogP contribution is -1.89. The third-order valence-electron chi connectivity index (χ3n) is 3.93. The van der Waals surface area contributed by atoms with Gasteiger partial charge in [-0.3, -0.25) is 0 Å². The highest BCUT2D eigenvalue weighted by atomic mass is 14.4. The summed E-state index contributed by atoms with van der Waals surface area (Å²) in [5, 5.41) is 0. The van der Waals surface area contributed by atoms with Crippen LogP contribution in [0.1, 0.15) is 72.6 Å². The Balaban J connectivity index is 2.26. The lowest BCUT2D eigenvalue weighted by molar-refractivity contribution is 0.625. The molecule has 0 amide bonds. The van der Waals surface area contributed by atoms with Crippen molar-refractivity contribution in [3.05, 3.63) is 11.1 Å². The molecule has 0 spiro atoms. The van der Waals surface area contributed by atoms with E-state index in [0.29, 0.717) is 0 Å². The number of rotatable bonds is 7. The first-order chi connectivity index (χ1) is 7.19. The maximum atomic E-state index is 2.35. The van der Waals surface area contributed by atoms with Gasteiger partial charge in [-0.2, -0.15) is 0 Å². The van der Waals surface area contributed by atoms with Crippen LogP contribution in [0.25, 0.3) is 0 Å². The summed E-state index contributed by atoms with van der Waals surface area (Å²) < 4.78 is 0. The van der Waals surface area contributed by atoms with Crippen LogP contribution in [0.5, 0.6) is 0 Å². The molecule has 15 heavy (non-hydrogen) atoms. The summed E-state index contributed by atoms with van der Waals surface area (Å²) in [6.45, 7) is 9.28. The van der Waals surface area contributed by atoms with Crippen molar-refractivity contribution < 1.29 is 0 Å². The predicted molar refractivity (Wildman–Crippen MR) is 69.0 cm³/mol. The highest BCUT2D eigenvalue weighted by Crippen LogP contribution is 2.46. The Morgan fingerprint density at radius 1 is 1.00 bits per heavy atom. The molecule has 1 fully saturated rings. The average Bonchev–Trinajstić information content (AvgIpc) is 2.93. The summed E-state index contributed by atoms with van der Waals surface area (Å²) in [4.78, 5) is 0. The molecule has 0 nitrogen and oxygen atoms in total. The average molecular weight is 208 g/mol. The van der Waals surface area contributed by atoms with Crippen LogP contribution in [0.2, 0.25) is 0 Å². The summed E-state index contributed by atoms with van der Waals surface area (Å²) in [5.41, 5.74) is 3.35. The molecule has 1 aliphatic carbocycles. The zero-order valence-electron chi connectivity index (χ0n) is 11.1. The molecular formula is C15H28. The summed E-state index contributed by atoms with van der Waals surface area (Å²) in [5.74, 6) is 2.12. The first kappa shape index (κ1) is 12.8. The van der Waals surface area contributed by atoms with Gasteiger partial charge in [-0.05, 0) is 51.4 Å². The molecule has 0 radical (unpaired) electrons. The van der Waals surface area contributed by atoms with E-state index in [9.17, 15) is 0 Å². The minimum absolute atomic E-state index is 1.04. The predicted octanol–water partition coefficient (Wildman–Crippen LogP) is 5.34. The van der Waals surface area contributed by atoms with Gasteiger partial charge in [0.25, 0.3) is 0 Å². The van der Waals surface area contributed by atoms with Crippen molar-refractivity contribution in [1.82, 2.24) is 0 Å². The van der Waals surface area contributed by atoms with Crippen LogP contribution in [-0.4, -0.2) is 0 Å². The molecule has 0 aromatic rings. The second kappa shape index (κ2) is 6.35. The van der Waals surface area contributed by atoms with Crippen LogP contribution in [0.15, 0.2) is 11.1 Å². The fourth-order valence-electron chi connectivity index (χ4n) is 2.51. The van der Waals surface area contributed by atoms with Gasteiger partial charge in [-0.1, -0.05) is 44.3 Å². The van der Waals surface area contributed by atoms with Crippen LogP contribution in [0.3, 0.4) is 0 Å². The van der Waals surface area contributed by atoms with E-state index in [1.54, 1.807) is 11.1 Å². The molecule has 1 rings (SSSR count). The quantitative estimate of drug-likeness (QED) is 0.495. The van der Waals surface area contributed by atoms with Crippen molar-refractivity contribution in [3.63, 3.8) is 0 Å². The minimum Gasteiger partial charge on any atom is -0.0744 e. The maximum absolute atomic E-state index is 2.35. The molecule has 0 heterocycles. The molecule has 1 saturated carbocycles. The third-order valence-corrected chi connectivity index (χ3v) is 3.93. The van der Waals surface area contributed by atoms with Crippen LogP contribution in [-0.2, 0) is 0 Å². The largest absolute Gasteiger partial charge is 0.0744 e. The highest BCUT2D eigenvalue weighted by Gasteiger charge is 2.35. The molecular weight excluding hydrogens is 180 g/mol. The van der Waals surface area contributed by atoms with E-state index in [-0.39, 0.29) is 0 Å². The molecule has 0 aromatic carbocycles. The van der Waals surface area contributed by atoms with Crippen molar-refractivity contribution in [2.75, 3.05) is 0 Å². The number of unbranched alkanes of at least 4 members (excludes halogenated alkanes) is 1. The van der Waals surface area contributed by atoms with E-state index in [4.69, 9.17) is 0 Å². The maximum Gasteiger partial charge on any atom is -0.0289 e. The van der Waals surface area contributed by atoms with E-state index in [0.717, 1.165) is 11.8 Å². The Morgan fingerprint density at radius 3 is 2.33 bits per heavy atom. The van der Waals surface area contributed by atoms with Gasteiger partial charge in [-0.15, -0.1) is 0 Å². The van der Waals surface area contributed by atoms with Gasteiger partial charge in [-0.25, -0.2) is 0 Å². The number of hydrogen-bond donors (Lipinski definition) is 0. The zero-order valence-corrected chi connectivity index (χ0v) is 11.1. The SMILES string of the molecule is CCCCC(C)=C(C)CC1CC1CCC. The lowest BCUT2D eigenvalue weighted by Gasteiger charge is -2.07. The van der Waals surface area contributed by atoms with Crippen LogP contribution in [0.4, 0.5) is 0 Å². The smallest absolute Gasteiger partial charge is 0.0289 e. The van der Waals surface area contributed by atoms with Gasteiger partial charge < -0.3 is 0 Å². The zero-order chi connectivity index (χ0) is 11.3. The standard InChI is InChI=1S/C15H28/c1-5-7-9-12(3)13(4)10-15-11-14(15)8-6-2/h14-15H,5-11H2,1-4H3. The number of allylic oxidation sites excluding steroid dienone is 2. The lowest BCUT2D eigenvalue weighted by atomic mass is 10.00. The number of hydrogen-bond acceptors (Lipinski definition) is 0. The Labute approximate surface area is 96.2 Å². The second-order valence-corrected chi connectivity index (χ2v) is 5.41. The molecule has 1 aliphatic rings. The van der Waals surface area contributed by atoms with Gasteiger partial charge in [0.2, 0.25) is 0 Å². The van der Waals surface area contributed by atoms with Crippen molar-refractivity contribution in [2.45, 2.75) is 72.6 Å². The molecule has 0 aromatic heterocycles. The molecule has 0 aliphatic heterocycles. The van der Waals surface area contributed by atoms with E-state index in [2.05, 4.69) is 27.7 Å². The Hall–Kier alpha value is -0.260. The van der Waals surface area contributed by atoms with Crippen LogP contribution in [0, 0.1) is 11.8 Å². The monoisotopic (exact) mass is 208 g/mol. The Morgan fingerprint density at radius 2 is 1.73 bits per heavy atom. The normalized spacial score (nSPS) is 26.4. The summed E-state index contributed by atoms with van der Waals surface area (Å²) >= 11 is 0. The topological polar surface area (TPSA) is 0 Å². The minimum atomic E-state index is 1.04. The van der Waals surface area contributed by atoms with Crippen molar-refractivity contribution in [2.24, 2.45) is 11.8 Å². The molecule has 0 saturated heterocycles. The first-order valence-electron chi connectivity index (χ1n) is 6.84. The Kier molecular flexibility index (Phi) is 5.42. The van der Waals surface area contributed by atoms with Gasteiger partial charge in [0, 0.05) is 0 Å². The summed E-state index contributed by atoms with van der Waals surface area (Å²) in [6.07, 6.45) is 9.75. The first-order valence-corrected chi connectivity index (χ1v) is 6.84. The third kappa shape index (κ3) is 4.40. The van der Waals surface area contributed by atoms with E-state index < -0.39 is 0 Å². The van der Waals surface area contributed by atoms with Crippen LogP contribution < -0.4 is 0 Å². The van der Waals surface area contributed by atoms with Gasteiger partial charge in [0.05, 0.1) is 0 Å². The van der Waals surface area contributed by atoms with Gasteiger partial charge >= 0.3 is 0 Å². The molecule has 0 bridgehead atoms. The van der Waals surface area contributed by atoms with Crippen molar-refractivity contribution in [3.8, 4) is 0 Å². The highest BCUT2D eigenvalue weighted by molar-refractivity contribution is 5.12. The van der Waals surface area contributed by atoms with E-state index in [1.165, 1.54) is 44.9 Å². The second-order valence-electron chi connectivity index (χ2n) is 5.41. The molecule has 2 unspecified atom stereocenters. The van der Waals surface area contributed by atoms with E-state index in [1.807, 2.05) is 0 Å². The van der Waals surface area contributed by atoms with Crippen molar-refractivity contribution >= 4 is 0 Å². The molecule has 0 N–H and O–H groups in total. The van der Waals surface area contributed by atoms with Crippen molar-refractivity contribution in [1.29, 1.82) is 0 Å². The summed E-state index contributed by atoms with van der Waals surface area (Å²) in [6, 6.07) is 0. The fourth-order valence-corrected chi connectivity index (χ4v) is 2.51. The molecule has 88 valence electrons.